The first kappa shape index (κ1) is 13.3. The van der Waals surface area contributed by atoms with Gasteiger partial charge in [0, 0.05) is 6.54 Å². The van der Waals surface area contributed by atoms with Crippen LogP contribution in [0.1, 0.15) is 26.7 Å². The molecule has 0 aromatic rings. The summed E-state index contributed by atoms with van der Waals surface area (Å²) >= 11 is 0. The lowest BCUT2D eigenvalue weighted by Gasteiger charge is -2.46. The Balaban J connectivity index is 2.10. The highest BCUT2D eigenvalue weighted by Crippen LogP contribution is 2.46. The lowest BCUT2D eigenvalue weighted by Crippen LogP contribution is -2.58. The normalized spacial score (nSPS) is 39.9. The minimum atomic E-state index is -0.828. The molecule has 0 spiro atoms. The number of aliphatic hydroxyl groups is 1. The molecular weight excluding hydrogens is 232 g/mol. The van der Waals surface area contributed by atoms with E-state index in [1.807, 2.05) is 6.92 Å². The molecular formula is C13H20N2O3. The molecule has 1 aliphatic heterocycles. The molecule has 1 amide bonds. The number of carbonyl (C=O) groups is 1. The second kappa shape index (κ2) is 4.87. The Hall–Kier alpha value is -1.12. The van der Waals surface area contributed by atoms with E-state index < -0.39 is 5.41 Å². The average molecular weight is 252 g/mol. The van der Waals surface area contributed by atoms with Gasteiger partial charge in [0.25, 0.3) is 0 Å². The maximum Gasteiger partial charge on any atom is 0.243 e. The van der Waals surface area contributed by atoms with E-state index in [0.717, 1.165) is 0 Å². The van der Waals surface area contributed by atoms with Crippen LogP contribution in [-0.4, -0.2) is 47.8 Å². The third-order valence-corrected chi connectivity index (χ3v) is 3.99. The van der Waals surface area contributed by atoms with Gasteiger partial charge >= 0.3 is 0 Å². The summed E-state index contributed by atoms with van der Waals surface area (Å²) in [7, 11) is 0. The molecule has 2 unspecified atom stereocenters. The Morgan fingerprint density at radius 3 is 2.72 bits per heavy atom. The summed E-state index contributed by atoms with van der Waals surface area (Å²) in [5.41, 5.74) is -0.828. The van der Waals surface area contributed by atoms with Crippen molar-refractivity contribution in [2.24, 2.45) is 11.3 Å². The van der Waals surface area contributed by atoms with Crippen LogP contribution in [0.15, 0.2) is 0 Å². The molecule has 1 N–H and O–H groups in total. The smallest absolute Gasteiger partial charge is 0.243 e. The van der Waals surface area contributed by atoms with E-state index in [0.29, 0.717) is 31.9 Å². The molecule has 2 aliphatic rings. The number of amides is 1. The van der Waals surface area contributed by atoms with Gasteiger partial charge in [-0.1, -0.05) is 6.92 Å². The number of rotatable bonds is 2. The van der Waals surface area contributed by atoms with Crippen LogP contribution >= 0.6 is 0 Å². The van der Waals surface area contributed by atoms with Crippen LogP contribution in [0.4, 0.5) is 0 Å². The fourth-order valence-corrected chi connectivity index (χ4v) is 2.93. The Morgan fingerprint density at radius 1 is 1.56 bits per heavy atom. The summed E-state index contributed by atoms with van der Waals surface area (Å²) < 4.78 is 5.41. The Kier molecular flexibility index (Phi) is 3.60. The van der Waals surface area contributed by atoms with Crippen molar-refractivity contribution in [2.75, 3.05) is 19.8 Å². The van der Waals surface area contributed by atoms with Gasteiger partial charge in [-0.3, -0.25) is 4.79 Å². The van der Waals surface area contributed by atoms with Crippen LogP contribution < -0.4 is 0 Å². The van der Waals surface area contributed by atoms with E-state index in [-0.39, 0.29) is 24.7 Å². The maximum absolute atomic E-state index is 12.5. The van der Waals surface area contributed by atoms with E-state index in [4.69, 9.17) is 9.84 Å². The average Bonchev–Trinajstić information content (AvgIpc) is 2.34. The lowest BCUT2D eigenvalue weighted by molar-refractivity contribution is -0.159. The van der Waals surface area contributed by atoms with Gasteiger partial charge in [0.05, 0.1) is 31.4 Å². The molecule has 5 nitrogen and oxygen atoms in total. The zero-order valence-electron chi connectivity index (χ0n) is 10.9. The summed E-state index contributed by atoms with van der Waals surface area (Å²) in [5, 5.41) is 18.4. The minimum Gasteiger partial charge on any atom is -0.394 e. The molecule has 2 rings (SSSR count). The van der Waals surface area contributed by atoms with Crippen molar-refractivity contribution in [2.45, 2.75) is 38.8 Å². The second-order valence-corrected chi connectivity index (χ2v) is 5.65. The first-order chi connectivity index (χ1) is 8.52. The standard InChI is InChI=1S/C13H20N2O3/c1-9-3-13(4-9,8-14)12(17)15-5-11(6-16)18-7-10(15)2/h9-11,16H,3-7H2,1-2H3. The monoisotopic (exact) mass is 252 g/mol. The predicted molar refractivity (Wildman–Crippen MR) is 64.4 cm³/mol. The third-order valence-electron chi connectivity index (χ3n) is 3.99. The molecule has 1 heterocycles. The molecule has 100 valence electrons. The molecule has 2 atom stereocenters. The molecule has 2 fully saturated rings. The number of nitriles is 1. The van der Waals surface area contributed by atoms with Gasteiger partial charge in [0.1, 0.15) is 5.41 Å². The molecule has 5 heteroatoms. The number of ether oxygens (including phenoxy) is 1. The van der Waals surface area contributed by atoms with Gasteiger partial charge in [-0.2, -0.15) is 5.26 Å². The third kappa shape index (κ3) is 2.11. The van der Waals surface area contributed by atoms with Crippen LogP contribution in [0.25, 0.3) is 0 Å². The van der Waals surface area contributed by atoms with E-state index in [1.165, 1.54) is 0 Å². The fraction of sp³-hybridized carbons (Fsp3) is 0.846. The zero-order chi connectivity index (χ0) is 13.3. The summed E-state index contributed by atoms with van der Waals surface area (Å²) in [6.07, 6.45) is 0.977. The van der Waals surface area contributed by atoms with Crippen molar-refractivity contribution in [3.8, 4) is 6.07 Å². The second-order valence-electron chi connectivity index (χ2n) is 5.65. The largest absolute Gasteiger partial charge is 0.394 e. The Labute approximate surface area is 107 Å². The lowest BCUT2D eigenvalue weighted by atomic mass is 9.62. The first-order valence-corrected chi connectivity index (χ1v) is 6.47. The van der Waals surface area contributed by atoms with Crippen LogP contribution in [0.5, 0.6) is 0 Å². The number of hydrogen-bond donors (Lipinski definition) is 1. The fourth-order valence-electron chi connectivity index (χ4n) is 2.93. The maximum atomic E-state index is 12.5. The molecule has 1 saturated carbocycles. The van der Waals surface area contributed by atoms with Crippen molar-refractivity contribution < 1.29 is 14.6 Å². The molecule has 18 heavy (non-hydrogen) atoms. The van der Waals surface area contributed by atoms with E-state index in [9.17, 15) is 10.1 Å². The first-order valence-electron chi connectivity index (χ1n) is 6.47. The Bertz CT molecular complexity index is 371. The summed E-state index contributed by atoms with van der Waals surface area (Å²) in [5.74, 6) is 0.357. The van der Waals surface area contributed by atoms with Crippen molar-refractivity contribution in [1.29, 1.82) is 5.26 Å². The van der Waals surface area contributed by atoms with Crippen molar-refractivity contribution in [3.05, 3.63) is 0 Å². The van der Waals surface area contributed by atoms with Crippen LogP contribution in [0.3, 0.4) is 0 Å². The highest BCUT2D eigenvalue weighted by Gasteiger charge is 2.52. The van der Waals surface area contributed by atoms with Gasteiger partial charge < -0.3 is 14.7 Å². The summed E-state index contributed by atoms with van der Waals surface area (Å²) in [6, 6.07) is 2.17. The number of carbonyl (C=O) groups excluding carboxylic acids is 1. The highest BCUT2D eigenvalue weighted by atomic mass is 16.5. The number of aliphatic hydroxyl groups excluding tert-OH is 1. The molecule has 0 radical (unpaired) electrons. The van der Waals surface area contributed by atoms with Gasteiger partial charge in [-0.05, 0) is 25.7 Å². The van der Waals surface area contributed by atoms with Crippen LogP contribution in [-0.2, 0) is 9.53 Å². The molecule has 1 saturated heterocycles. The number of hydrogen-bond acceptors (Lipinski definition) is 4. The number of morpholine rings is 1. The van der Waals surface area contributed by atoms with E-state index >= 15 is 0 Å². The van der Waals surface area contributed by atoms with Gasteiger partial charge in [0.2, 0.25) is 5.91 Å². The minimum absolute atomic E-state index is 0.0265. The predicted octanol–water partition coefficient (Wildman–Crippen LogP) is 0.534. The van der Waals surface area contributed by atoms with Crippen LogP contribution in [0.2, 0.25) is 0 Å². The van der Waals surface area contributed by atoms with E-state index in [1.54, 1.807) is 4.90 Å². The van der Waals surface area contributed by atoms with Crippen molar-refractivity contribution in [1.82, 2.24) is 4.90 Å². The van der Waals surface area contributed by atoms with Crippen molar-refractivity contribution >= 4 is 5.91 Å². The number of nitrogens with zero attached hydrogens (tertiary/aromatic N) is 2. The van der Waals surface area contributed by atoms with Gasteiger partial charge in [-0.25, -0.2) is 0 Å². The van der Waals surface area contributed by atoms with Gasteiger partial charge in [-0.15, -0.1) is 0 Å². The SMILES string of the molecule is CC1CC(C#N)(C(=O)N2CC(CO)OCC2C)C1. The van der Waals surface area contributed by atoms with E-state index in [2.05, 4.69) is 13.0 Å². The summed E-state index contributed by atoms with van der Waals surface area (Å²) in [6.45, 7) is 4.69. The molecule has 0 aromatic carbocycles. The highest BCUT2D eigenvalue weighted by molar-refractivity contribution is 5.87. The Morgan fingerprint density at radius 2 is 2.22 bits per heavy atom. The molecule has 0 bridgehead atoms. The summed E-state index contributed by atoms with van der Waals surface area (Å²) in [4.78, 5) is 14.2. The van der Waals surface area contributed by atoms with Crippen LogP contribution in [0, 0.1) is 22.7 Å². The zero-order valence-corrected chi connectivity index (χ0v) is 10.9. The molecule has 0 aromatic heterocycles. The van der Waals surface area contributed by atoms with Gasteiger partial charge in [0.15, 0.2) is 0 Å². The van der Waals surface area contributed by atoms with Crippen molar-refractivity contribution in [3.63, 3.8) is 0 Å². The quantitative estimate of drug-likeness (QED) is 0.778. The topological polar surface area (TPSA) is 73.6 Å². The molecule has 1 aliphatic carbocycles.